The van der Waals surface area contributed by atoms with Gasteiger partial charge in [-0.1, -0.05) is 17.7 Å². The largest absolute Gasteiger partial charge is 0.480 e. The number of carboxylic acid groups (broad SMARTS) is 1. The zero-order valence-electron chi connectivity index (χ0n) is 11.4. The van der Waals surface area contributed by atoms with Gasteiger partial charge in [-0.3, -0.25) is 10.1 Å². The number of hydrogen-bond acceptors (Lipinski definition) is 3. The lowest BCUT2D eigenvalue weighted by atomic mass is 10.1. The molecule has 0 aliphatic carbocycles. The topological polar surface area (TPSA) is 49.3 Å². The molecule has 4 heteroatoms. The molecule has 0 aliphatic heterocycles. The van der Waals surface area contributed by atoms with Crippen LogP contribution in [0.15, 0.2) is 29.2 Å². The van der Waals surface area contributed by atoms with Crippen molar-refractivity contribution in [1.29, 1.82) is 0 Å². The summed E-state index contributed by atoms with van der Waals surface area (Å²) in [5.74, 6) is -0.305. The van der Waals surface area contributed by atoms with Crippen LogP contribution in [0.25, 0.3) is 0 Å². The highest BCUT2D eigenvalue weighted by atomic mass is 32.2. The molecule has 1 rings (SSSR count). The van der Waals surface area contributed by atoms with Crippen molar-refractivity contribution in [2.75, 3.05) is 5.75 Å². The first kappa shape index (κ1) is 15.1. The number of carbonyl (C=O) groups is 1. The van der Waals surface area contributed by atoms with Gasteiger partial charge < -0.3 is 5.11 Å². The summed E-state index contributed by atoms with van der Waals surface area (Å²) in [6.07, 6.45) is 0. The van der Waals surface area contributed by atoms with E-state index in [1.807, 2.05) is 39.0 Å². The van der Waals surface area contributed by atoms with Gasteiger partial charge >= 0.3 is 5.97 Å². The van der Waals surface area contributed by atoms with Crippen LogP contribution in [0.3, 0.4) is 0 Å². The van der Waals surface area contributed by atoms with E-state index in [1.54, 1.807) is 18.7 Å². The Morgan fingerprint density at radius 2 is 2.17 bits per heavy atom. The molecule has 100 valence electrons. The third-order valence-corrected chi connectivity index (χ3v) is 3.91. The van der Waals surface area contributed by atoms with Crippen molar-refractivity contribution >= 4 is 17.7 Å². The summed E-state index contributed by atoms with van der Waals surface area (Å²) in [5.41, 5.74) is 0.289. The molecule has 1 unspecified atom stereocenters. The van der Waals surface area contributed by atoms with E-state index < -0.39 is 11.5 Å². The maximum absolute atomic E-state index is 11.4. The Hall–Kier alpha value is -1.00. The highest BCUT2D eigenvalue weighted by Gasteiger charge is 2.33. The number of carboxylic acids is 1. The standard InChI is InChI=1S/C14H21NO2S/c1-10(2)15-14(4,13(16)17)9-18-12-7-5-6-11(3)8-12/h5-8,10,15H,9H2,1-4H3,(H,16,17). The van der Waals surface area contributed by atoms with Gasteiger partial charge in [-0.25, -0.2) is 0 Å². The second-order valence-electron chi connectivity index (χ2n) is 5.04. The predicted molar refractivity (Wildman–Crippen MR) is 76.2 cm³/mol. The van der Waals surface area contributed by atoms with Crippen LogP contribution in [-0.4, -0.2) is 28.4 Å². The number of aryl methyl sites for hydroxylation is 1. The lowest BCUT2D eigenvalue weighted by Gasteiger charge is -2.28. The Morgan fingerprint density at radius 1 is 1.50 bits per heavy atom. The van der Waals surface area contributed by atoms with E-state index in [0.717, 1.165) is 4.90 Å². The predicted octanol–water partition coefficient (Wildman–Crippen LogP) is 2.93. The summed E-state index contributed by atoms with van der Waals surface area (Å²) >= 11 is 1.57. The molecule has 0 saturated heterocycles. The first-order valence-electron chi connectivity index (χ1n) is 6.04. The smallest absolute Gasteiger partial charge is 0.324 e. The second kappa shape index (κ2) is 6.25. The van der Waals surface area contributed by atoms with Crippen molar-refractivity contribution in [2.24, 2.45) is 0 Å². The highest BCUT2D eigenvalue weighted by Crippen LogP contribution is 2.24. The molecule has 1 aromatic rings. The van der Waals surface area contributed by atoms with Gasteiger partial charge in [-0.15, -0.1) is 11.8 Å². The molecule has 0 radical (unpaired) electrons. The van der Waals surface area contributed by atoms with E-state index in [4.69, 9.17) is 0 Å². The van der Waals surface area contributed by atoms with Crippen molar-refractivity contribution in [2.45, 2.75) is 44.2 Å². The van der Waals surface area contributed by atoms with Crippen molar-refractivity contribution in [3.05, 3.63) is 29.8 Å². The number of hydrogen-bond donors (Lipinski definition) is 2. The summed E-state index contributed by atoms with van der Waals surface area (Å²) in [6.45, 7) is 7.68. The summed E-state index contributed by atoms with van der Waals surface area (Å²) in [5, 5.41) is 12.5. The molecular formula is C14H21NO2S. The Morgan fingerprint density at radius 3 is 2.67 bits per heavy atom. The molecular weight excluding hydrogens is 246 g/mol. The van der Waals surface area contributed by atoms with Gasteiger partial charge in [-0.05, 0) is 39.8 Å². The Balaban J connectivity index is 2.71. The molecule has 0 aliphatic rings. The van der Waals surface area contributed by atoms with Crippen LogP contribution >= 0.6 is 11.8 Å². The van der Waals surface area contributed by atoms with Gasteiger partial charge in [0.2, 0.25) is 0 Å². The van der Waals surface area contributed by atoms with Gasteiger partial charge in [0.1, 0.15) is 5.54 Å². The molecule has 0 bridgehead atoms. The third kappa shape index (κ3) is 4.35. The highest BCUT2D eigenvalue weighted by molar-refractivity contribution is 7.99. The van der Waals surface area contributed by atoms with Gasteiger partial charge in [-0.2, -0.15) is 0 Å². The Bertz CT molecular complexity index is 420. The van der Waals surface area contributed by atoms with E-state index in [1.165, 1.54) is 5.56 Å². The molecule has 0 fully saturated rings. The van der Waals surface area contributed by atoms with E-state index in [2.05, 4.69) is 11.4 Å². The zero-order valence-corrected chi connectivity index (χ0v) is 12.2. The molecule has 2 N–H and O–H groups in total. The number of thioether (sulfide) groups is 1. The molecule has 0 amide bonds. The minimum absolute atomic E-state index is 0.143. The van der Waals surface area contributed by atoms with Crippen LogP contribution in [0.4, 0.5) is 0 Å². The van der Waals surface area contributed by atoms with Gasteiger partial charge in [0.15, 0.2) is 0 Å². The molecule has 1 atom stereocenters. The minimum Gasteiger partial charge on any atom is -0.480 e. The maximum atomic E-state index is 11.4. The fourth-order valence-electron chi connectivity index (χ4n) is 1.74. The SMILES string of the molecule is Cc1cccc(SCC(C)(NC(C)C)C(=O)O)c1. The monoisotopic (exact) mass is 267 g/mol. The van der Waals surface area contributed by atoms with Crippen LogP contribution in [0.5, 0.6) is 0 Å². The van der Waals surface area contributed by atoms with E-state index >= 15 is 0 Å². The van der Waals surface area contributed by atoms with E-state index in [0.29, 0.717) is 5.75 Å². The van der Waals surface area contributed by atoms with E-state index in [-0.39, 0.29) is 6.04 Å². The molecule has 18 heavy (non-hydrogen) atoms. The number of rotatable bonds is 6. The lowest BCUT2D eigenvalue weighted by molar-refractivity contribution is -0.143. The second-order valence-corrected chi connectivity index (χ2v) is 6.09. The van der Waals surface area contributed by atoms with Crippen LogP contribution in [0.1, 0.15) is 26.3 Å². The quantitative estimate of drug-likeness (QED) is 0.778. The molecule has 0 spiro atoms. The fourth-order valence-corrected chi connectivity index (χ4v) is 2.84. The molecule has 0 heterocycles. The number of aliphatic carboxylic acids is 1. The van der Waals surface area contributed by atoms with Crippen LogP contribution in [0, 0.1) is 6.92 Å². The van der Waals surface area contributed by atoms with E-state index in [9.17, 15) is 9.90 Å². The molecule has 3 nitrogen and oxygen atoms in total. The van der Waals surface area contributed by atoms with Crippen LogP contribution in [-0.2, 0) is 4.79 Å². The first-order valence-corrected chi connectivity index (χ1v) is 7.02. The van der Waals surface area contributed by atoms with Crippen molar-refractivity contribution in [3.8, 4) is 0 Å². The fraction of sp³-hybridized carbons (Fsp3) is 0.500. The Labute approximate surface area is 113 Å². The van der Waals surface area contributed by atoms with Crippen molar-refractivity contribution in [1.82, 2.24) is 5.32 Å². The third-order valence-electron chi connectivity index (χ3n) is 2.60. The first-order chi connectivity index (χ1) is 8.33. The lowest BCUT2D eigenvalue weighted by Crippen LogP contribution is -2.54. The average Bonchev–Trinajstić information content (AvgIpc) is 2.25. The average molecular weight is 267 g/mol. The molecule has 0 aromatic heterocycles. The van der Waals surface area contributed by atoms with Gasteiger partial charge in [0.25, 0.3) is 0 Å². The van der Waals surface area contributed by atoms with Crippen molar-refractivity contribution in [3.63, 3.8) is 0 Å². The zero-order chi connectivity index (χ0) is 13.8. The summed E-state index contributed by atoms with van der Waals surface area (Å²) < 4.78 is 0. The summed E-state index contributed by atoms with van der Waals surface area (Å²) in [6, 6.07) is 8.25. The van der Waals surface area contributed by atoms with Crippen LogP contribution < -0.4 is 5.32 Å². The Kier molecular flexibility index (Phi) is 5.23. The maximum Gasteiger partial charge on any atom is 0.324 e. The van der Waals surface area contributed by atoms with Crippen LogP contribution in [0.2, 0.25) is 0 Å². The molecule has 1 aromatic carbocycles. The van der Waals surface area contributed by atoms with Crippen molar-refractivity contribution < 1.29 is 9.90 Å². The molecule has 0 saturated carbocycles. The summed E-state index contributed by atoms with van der Waals surface area (Å²) in [7, 11) is 0. The van der Waals surface area contributed by atoms with Gasteiger partial charge in [0.05, 0.1) is 0 Å². The minimum atomic E-state index is -0.900. The van der Waals surface area contributed by atoms with Gasteiger partial charge in [0, 0.05) is 16.7 Å². The normalized spacial score (nSPS) is 14.5. The number of benzene rings is 1. The number of nitrogens with one attached hydrogen (secondary N) is 1. The summed E-state index contributed by atoms with van der Waals surface area (Å²) in [4.78, 5) is 12.5.